The Kier molecular flexibility index (Phi) is 4.28. The largest absolute Gasteiger partial charge is 0.321 e. The van der Waals surface area contributed by atoms with E-state index in [4.69, 9.17) is 5.84 Å². The van der Waals surface area contributed by atoms with Crippen LogP contribution in [0.25, 0.3) is 0 Å². The van der Waals surface area contributed by atoms with Gasteiger partial charge in [-0.15, -0.1) is 0 Å². The number of hydrogen-bond donors (Lipinski definition) is 3. The van der Waals surface area contributed by atoms with Gasteiger partial charge in [0.1, 0.15) is 0 Å². The minimum Gasteiger partial charge on any atom is -0.321 e. The highest BCUT2D eigenvalue weighted by atomic mass is 32.2. The molecule has 0 aromatic carbocycles. The lowest BCUT2D eigenvalue weighted by Gasteiger charge is -2.15. The molecule has 8 heteroatoms. The SMILES string of the molecule is CC(NS(=O)(=O)c1ncccc1NN)c1cccnc1. The summed E-state index contributed by atoms with van der Waals surface area (Å²) in [5.74, 6) is 5.30. The summed E-state index contributed by atoms with van der Waals surface area (Å²) >= 11 is 0. The predicted molar refractivity (Wildman–Crippen MR) is 75.0 cm³/mol. The molecule has 2 heterocycles. The molecule has 106 valence electrons. The van der Waals surface area contributed by atoms with Crippen LogP contribution in [0.3, 0.4) is 0 Å². The number of nitrogens with zero attached hydrogens (tertiary/aromatic N) is 2. The minimum absolute atomic E-state index is 0.141. The van der Waals surface area contributed by atoms with Crippen LogP contribution in [0.2, 0.25) is 0 Å². The van der Waals surface area contributed by atoms with Crippen LogP contribution in [0.15, 0.2) is 47.9 Å². The smallest absolute Gasteiger partial charge is 0.260 e. The standard InChI is InChI=1S/C12H15N5O2S/c1-9(10-4-2-6-14-8-10)17-20(18,19)12-11(16-13)5-3-7-15-12/h2-9,16-17H,13H2,1H3. The highest BCUT2D eigenvalue weighted by Crippen LogP contribution is 2.19. The van der Waals surface area contributed by atoms with Crippen molar-refractivity contribution in [3.63, 3.8) is 0 Å². The molecule has 2 rings (SSSR count). The van der Waals surface area contributed by atoms with Crippen molar-refractivity contribution >= 4 is 15.7 Å². The topological polar surface area (TPSA) is 110 Å². The van der Waals surface area contributed by atoms with Gasteiger partial charge in [-0.25, -0.2) is 18.1 Å². The second-order valence-corrected chi connectivity index (χ2v) is 5.76. The van der Waals surface area contributed by atoms with Gasteiger partial charge in [0, 0.05) is 24.6 Å². The van der Waals surface area contributed by atoms with E-state index < -0.39 is 16.1 Å². The fraction of sp³-hybridized carbons (Fsp3) is 0.167. The Morgan fingerprint density at radius 1 is 1.25 bits per heavy atom. The number of hydrogen-bond acceptors (Lipinski definition) is 6. The molecule has 0 aliphatic rings. The first-order chi connectivity index (χ1) is 9.54. The molecule has 0 fully saturated rings. The van der Waals surface area contributed by atoms with Crippen LogP contribution in [-0.2, 0) is 10.0 Å². The molecule has 0 saturated carbocycles. The monoisotopic (exact) mass is 293 g/mol. The van der Waals surface area contributed by atoms with Crippen LogP contribution in [-0.4, -0.2) is 18.4 Å². The van der Waals surface area contributed by atoms with Gasteiger partial charge in [-0.2, -0.15) is 0 Å². The highest BCUT2D eigenvalue weighted by molar-refractivity contribution is 7.89. The van der Waals surface area contributed by atoms with Gasteiger partial charge in [0.05, 0.1) is 5.69 Å². The van der Waals surface area contributed by atoms with Crippen molar-refractivity contribution in [3.05, 3.63) is 48.4 Å². The van der Waals surface area contributed by atoms with Crippen LogP contribution in [0, 0.1) is 0 Å². The lowest BCUT2D eigenvalue weighted by atomic mass is 10.2. The normalized spacial score (nSPS) is 12.9. The maximum Gasteiger partial charge on any atom is 0.260 e. The van der Waals surface area contributed by atoms with Crippen LogP contribution in [0.1, 0.15) is 18.5 Å². The number of nitrogens with one attached hydrogen (secondary N) is 2. The Labute approximate surface area is 117 Å². The van der Waals surface area contributed by atoms with Crippen molar-refractivity contribution in [2.45, 2.75) is 18.0 Å². The zero-order valence-electron chi connectivity index (χ0n) is 10.8. The lowest BCUT2D eigenvalue weighted by Crippen LogP contribution is -2.29. The third-order valence-corrected chi connectivity index (χ3v) is 4.20. The van der Waals surface area contributed by atoms with Gasteiger partial charge in [-0.1, -0.05) is 6.07 Å². The molecule has 0 aliphatic carbocycles. The third-order valence-electron chi connectivity index (χ3n) is 2.70. The molecule has 7 nitrogen and oxygen atoms in total. The second-order valence-electron chi connectivity index (χ2n) is 4.13. The summed E-state index contributed by atoms with van der Waals surface area (Å²) in [6, 6.07) is 6.24. The van der Waals surface area contributed by atoms with E-state index in [1.807, 2.05) is 0 Å². The van der Waals surface area contributed by atoms with Crippen LogP contribution in [0.4, 0.5) is 5.69 Å². The molecule has 1 unspecified atom stereocenters. The number of nitrogens with two attached hydrogens (primary N) is 1. The van der Waals surface area contributed by atoms with Gasteiger partial charge in [0.25, 0.3) is 10.0 Å². The van der Waals surface area contributed by atoms with Crippen molar-refractivity contribution in [2.75, 3.05) is 5.43 Å². The molecule has 0 aliphatic heterocycles. The molecule has 0 spiro atoms. The average Bonchev–Trinajstić information content (AvgIpc) is 2.47. The number of aromatic nitrogens is 2. The zero-order valence-corrected chi connectivity index (χ0v) is 11.6. The Hall–Kier alpha value is -2.03. The first kappa shape index (κ1) is 14.4. The van der Waals surface area contributed by atoms with Gasteiger partial charge < -0.3 is 5.43 Å². The maximum absolute atomic E-state index is 12.3. The molecule has 20 heavy (non-hydrogen) atoms. The van der Waals surface area contributed by atoms with E-state index in [2.05, 4.69) is 20.1 Å². The van der Waals surface area contributed by atoms with E-state index in [1.54, 1.807) is 37.5 Å². The van der Waals surface area contributed by atoms with Gasteiger partial charge in [0.15, 0.2) is 5.03 Å². The average molecular weight is 293 g/mol. The highest BCUT2D eigenvalue weighted by Gasteiger charge is 2.22. The van der Waals surface area contributed by atoms with Gasteiger partial charge in [-0.3, -0.25) is 10.8 Å². The van der Waals surface area contributed by atoms with Gasteiger partial charge >= 0.3 is 0 Å². The van der Waals surface area contributed by atoms with E-state index in [0.29, 0.717) is 0 Å². The summed E-state index contributed by atoms with van der Waals surface area (Å²) in [6.07, 6.45) is 4.62. The van der Waals surface area contributed by atoms with Crippen molar-refractivity contribution in [2.24, 2.45) is 5.84 Å². The Balaban J connectivity index is 2.28. The van der Waals surface area contributed by atoms with Crippen molar-refractivity contribution in [1.82, 2.24) is 14.7 Å². The fourth-order valence-electron chi connectivity index (χ4n) is 1.70. The Morgan fingerprint density at radius 2 is 2.00 bits per heavy atom. The Morgan fingerprint density at radius 3 is 2.65 bits per heavy atom. The lowest BCUT2D eigenvalue weighted by molar-refractivity contribution is 0.563. The quantitative estimate of drug-likeness (QED) is 0.555. The molecule has 0 saturated heterocycles. The Bertz CT molecular complexity index is 675. The van der Waals surface area contributed by atoms with E-state index >= 15 is 0 Å². The van der Waals surface area contributed by atoms with Crippen molar-refractivity contribution in [3.8, 4) is 0 Å². The summed E-state index contributed by atoms with van der Waals surface area (Å²) in [7, 11) is -3.78. The predicted octanol–water partition coefficient (Wildman–Crippen LogP) is 0.802. The number of sulfonamides is 1. The summed E-state index contributed by atoms with van der Waals surface area (Å²) in [6.45, 7) is 1.73. The maximum atomic E-state index is 12.3. The number of hydrazine groups is 1. The minimum atomic E-state index is -3.78. The van der Waals surface area contributed by atoms with Gasteiger partial charge in [0.2, 0.25) is 0 Å². The van der Waals surface area contributed by atoms with Crippen molar-refractivity contribution < 1.29 is 8.42 Å². The van der Waals surface area contributed by atoms with Crippen LogP contribution >= 0.6 is 0 Å². The third kappa shape index (κ3) is 3.10. The van der Waals surface area contributed by atoms with Gasteiger partial charge in [-0.05, 0) is 30.7 Å². The molecular formula is C12H15N5O2S. The first-order valence-electron chi connectivity index (χ1n) is 5.88. The number of anilines is 1. The first-order valence-corrected chi connectivity index (χ1v) is 7.37. The fourth-order valence-corrected chi connectivity index (χ4v) is 3.03. The summed E-state index contributed by atoms with van der Waals surface area (Å²) in [5.41, 5.74) is 3.31. The zero-order chi connectivity index (χ0) is 14.6. The molecule has 0 radical (unpaired) electrons. The second kappa shape index (κ2) is 5.95. The molecule has 2 aromatic rings. The van der Waals surface area contributed by atoms with E-state index in [-0.39, 0.29) is 10.7 Å². The van der Waals surface area contributed by atoms with E-state index in [0.717, 1.165) is 5.56 Å². The van der Waals surface area contributed by atoms with E-state index in [1.165, 1.54) is 12.3 Å². The molecule has 0 bridgehead atoms. The molecule has 1 atom stereocenters. The number of pyridine rings is 2. The van der Waals surface area contributed by atoms with Crippen LogP contribution < -0.4 is 16.0 Å². The molecular weight excluding hydrogens is 278 g/mol. The molecule has 4 N–H and O–H groups in total. The number of nitrogen functional groups attached to an aromatic ring is 1. The summed E-state index contributed by atoms with van der Waals surface area (Å²) < 4.78 is 27.1. The molecule has 2 aromatic heterocycles. The van der Waals surface area contributed by atoms with Crippen LogP contribution in [0.5, 0.6) is 0 Å². The molecule has 0 amide bonds. The van der Waals surface area contributed by atoms with E-state index in [9.17, 15) is 8.42 Å². The summed E-state index contributed by atoms with van der Waals surface area (Å²) in [5, 5.41) is -0.141. The number of rotatable bonds is 5. The van der Waals surface area contributed by atoms with Crippen molar-refractivity contribution in [1.29, 1.82) is 0 Å². The summed E-state index contributed by atoms with van der Waals surface area (Å²) in [4.78, 5) is 7.82.